The van der Waals surface area contributed by atoms with Crippen LogP contribution in [-0.2, 0) is 0 Å². The van der Waals surface area contributed by atoms with Crippen LogP contribution in [0.25, 0.3) is 5.32 Å². The van der Waals surface area contributed by atoms with Crippen molar-refractivity contribution >= 4 is 5.69 Å². The molecule has 0 spiro atoms. The molecule has 0 aliphatic heterocycles. The number of hydrogen-bond donors (Lipinski definition) is 0. The third-order valence-electron chi connectivity index (χ3n) is 1.10. The Bertz CT molecular complexity index is 162. The second-order valence-electron chi connectivity index (χ2n) is 1.81. The molecule has 62 valence electrons. The van der Waals surface area contributed by atoms with Gasteiger partial charge < -0.3 is 5.32 Å². The molecule has 0 aromatic heterocycles. The molecule has 0 atom stereocenters. The van der Waals surface area contributed by atoms with Gasteiger partial charge in [0, 0.05) is 46.9 Å². The maximum Gasteiger partial charge on any atom is 0 e. The number of benzene rings is 1. The van der Waals surface area contributed by atoms with E-state index in [9.17, 15) is 0 Å². The Hall–Kier alpha value is 0.539. The van der Waals surface area contributed by atoms with E-state index in [2.05, 4.69) is 5.32 Å². The summed E-state index contributed by atoms with van der Waals surface area (Å²) in [6, 6.07) is 9.99. The Morgan fingerprint density at radius 3 is 2.30 bits per heavy atom. The molecule has 10 heavy (non-hydrogen) atoms. The quantitative estimate of drug-likeness (QED) is 0.796. The molecule has 0 saturated carbocycles. The van der Waals surface area contributed by atoms with Crippen LogP contribution in [0.5, 0.6) is 0 Å². The van der Waals surface area contributed by atoms with Gasteiger partial charge in [0.2, 0.25) is 0 Å². The Labute approximate surface area is 100 Å². The van der Waals surface area contributed by atoms with E-state index in [1.165, 1.54) is 0 Å². The van der Waals surface area contributed by atoms with Gasteiger partial charge in [-0.3, -0.25) is 0 Å². The van der Waals surface area contributed by atoms with Crippen LogP contribution in [0.4, 0.5) is 5.69 Å². The van der Waals surface area contributed by atoms with Crippen molar-refractivity contribution in [3.05, 3.63) is 35.6 Å². The van der Waals surface area contributed by atoms with E-state index in [4.69, 9.17) is 0 Å². The van der Waals surface area contributed by atoms with Crippen molar-refractivity contribution < 1.29 is 46.9 Å². The van der Waals surface area contributed by atoms with E-state index in [0.29, 0.717) is 0 Å². The van der Waals surface area contributed by atoms with Gasteiger partial charge in [-0.05, 0) is 0 Å². The number of para-hydroxylation sites is 1. The summed E-state index contributed by atoms with van der Waals surface area (Å²) in [7, 11) is 0. The van der Waals surface area contributed by atoms with Crippen molar-refractivity contribution in [3.8, 4) is 0 Å². The number of hydrogen-bond acceptors (Lipinski definition) is 0. The van der Waals surface area contributed by atoms with E-state index in [1.807, 2.05) is 37.3 Å². The second-order valence-corrected chi connectivity index (χ2v) is 1.81. The van der Waals surface area contributed by atoms with Crippen LogP contribution in [-0.4, -0.2) is 6.54 Å². The molecule has 0 unspecified atom stereocenters. The van der Waals surface area contributed by atoms with Crippen LogP contribution in [0.2, 0.25) is 0 Å². The molecule has 0 aliphatic carbocycles. The summed E-state index contributed by atoms with van der Waals surface area (Å²) in [4.78, 5) is 0. The van der Waals surface area contributed by atoms with Gasteiger partial charge >= 0.3 is 0 Å². The predicted octanol–water partition coefficient (Wildman–Crippen LogP) is 2.71. The Morgan fingerprint density at radius 1 is 1.20 bits per heavy atom. The van der Waals surface area contributed by atoms with Crippen molar-refractivity contribution in [2.24, 2.45) is 0 Å². The van der Waals surface area contributed by atoms with Crippen LogP contribution < -0.4 is 0 Å². The van der Waals surface area contributed by atoms with Gasteiger partial charge in [0.1, 0.15) is 0 Å². The van der Waals surface area contributed by atoms with Crippen molar-refractivity contribution in [3.63, 3.8) is 0 Å². The molecule has 1 aromatic rings. The molecule has 0 amide bonds. The Morgan fingerprint density at radius 2 is 1.80 bits per heavy atom. The zero-order valence-electron chi connectivity index (χ0n) is 5.81. The van der Waals surface area contributed by atoms with Crippen molar-refractivity contribution in [2.75, 3.05) is 6.54 Å². The molecular formula is C8H10NYb-. The summed E-state index contributed by atoms with van der Waals surface area (Å²) in [5.74, 6) is 0. The minimum absolute atomic E-state index is 0. The van der Waals surface area contributed by atoms with Gasteiger partial charge in [0.05, 0.1) is 0 Å². The summed E-state index contributed by atoms with van der Waals surface area (Å²) in [6.45, 7) is 2.90. The van der Waals surface area contributed by atoms with Crippen LogP contribution in [0, 0.1) is 46.9 Å². The van der Waals surface area contributed by atoms with Gasteiger partial charge in [0.25, 0.3) is 0 Å². The topological polar surface area (TPSA) is 14.1 Å². The summed E-state index contributed by atoms with van der Waals surface area (Å²) < 4.78 is 0. The first kappa shape index (κ1) is 10.5. The normalized spacial score (nSPS) is 8.10. The average molecular weight is 293 g/mol. The SMILES string of the molecule is CC[N-]c1ccccc1.[Yb]. The standard InChI is InChI=1S/C8H10N.Yb/c1-2-9-8-6-4-3-5-7-8;/h3-7H,2H2,1H3;/q-1;. The van der Waals surface area contributed by atoms with E-state index in [-0.39, 0.29) is 46.9 Å². The molecule has 0 aliphatic rings. The molecule has 0 bridgehead atoms. The van der Waals surface area contributed by atoms with Crippen molar-refractivity contribution in [1.82, 2.24) is 0 Å². The fraction of sp³-hybridized carbons (Fsp3) is 0.250. The smallest absolute Gasteiger partial charge is 0 e. The Kier molecular flexibility index (Phi) is 6.60. The third kappa shape index (κ3) is 3.65. The van der Waals surface area contributed by atoms with E-state index >= 15 is 0 Å². The largest absolute Gasteiger partial charge is 0.685 e. The average Bonchev–Trinajstić information content (AvgIpc) is 1.91. The van der Waals surface area contributed by atoms with Crippen molar-refractivity contribution in [1.29, 1.82) is 0 Å². The first-order chi connectivity index (χ1) is 4.43. The minimum Gasteiger partial charge on any atom is -0.685 e. The van der Waals surface area contributed by atoms with Gasteiger partial charge in [-0.1, -0.05) is 37.3 Å². The molecule has 0 N–H and O–H groups in total. The maximum atomic E-state index is 4.21. The predicted molar refractivity (Wildman–Crippen MR) is 40.0 cm³/mol. The third-order valence-corrected chi connectivity index (χ3v) is 1.10. The molecule has 1 aromatic carbocycles. The van der Waals surface area contributed by atoms with Crippen LogP contribution in [0.3, 0.4) is 0 Å². The first-order valence-electron chi connectivity index (χ1n) is 3.16. The fourth-order valence-corrected chi connectivity index (χ4v) is 0.716. The molecule has 2 heteroatoms. The van der Waals surface area contributed by atoms with Crippen molar-refractivity contribution in [2.45, 2.75) is 6.92 Å². The van der Waals surface area contributed by atoms with Gasteiger partial charge in [-0.2, -0.15) is 0 Å². The summed E-state index contributed by atoms with van der Waals surface area (Å²) in [5, 5.41) is 4.21. The monoisotopic (exact) mass is 294 g/mol. The van der Waals surface area contributed by atoms with Crippen LogP contribution in [0.1, 0.15) is 6.92 Å². The zero-order valence-corrected chi connectivity index (χ0v) is 7.52. The molecular weight excluding hydrogens is 283 g/mol. The molecule has 0 fully saturated rings. The molecule has 1 rings (SSSR count). The van der Waals surface area contributed by atoms with E-state index < -0.39 is 0 Å². The van der Waals surface area contributed by atoms with Crippen LogP contribution in [0.15, 0.2) is 30.3 Å². The van der Waals surface area contributed by atoms with Gasteiger partial charge in [-0.25, -0.2) is 0 Å². The maximum absolute atomic E-state index is 4.21. The van der Waals surface area contributed by atoms with E-state index in [1.54, 1.807) is 0 Å². The molecule has 1 nitrogen and oxygen atoms in total. The molecule has 0 radical (unpaired) electrons. The summed E-state index contributed by atoms with van der Waals surface area (Å²) in [6.07, 6.45) is 0. The van der Waals surface area contributed by atoms with E-state index in [0.717, 1.165) is 12.2 Å². The van der Waals surface area contributed by atoms with Gasteiger partial charge in [0.15, 0.2) is 0 Å². The second kappa shape index (κ2) is 6.26. The Balaban J connectivity index is 0.000000810. The first-order valence-corrected chi connectivity index (χ1v) is 3.16. The van der Waals surface area contributed by atoms with Gasteiger partial charge in [-0.15, -0.1) is 12.2 Å². The fourth-order valence-electron chi connectivity index (χ4n) is 0.716. The molecule has 0 saturated heterocycles. The summed E-state index contributed by atoms with van der Waals surface area (Å²) in [5.41, 5.74) is 1.07. The number of nitrogens with zero attached hydrogens (tertiary/aromatic N) is 1. The number of rotatable bonds is 2. The van der Waals surface area contributed by atoms with Crippen LogP contribution >= 0.6 is 0 Å². The summed E-state index contributed by atoms with van der Waals surface area (Å²) >= 11 is 0. The molecule has 0 heterocycles. The minimum atomic E-state index is 0. The zero-order chi connectivity index (χ0) is 6.53.